The van der Waals surface area contributed by atoms with Crippen molar-refractivity contribution < 1.29 is 4.39 Å². The van der Waals surface area contributed by atoms with E-state index in [1.165, 1.54) is 30.0 Å². The molecule has 1 fully saturated rings. The molecule has 1 saturated heterocycles. The standard InChI is InChI=1S/C25H28ClFN4/c1-17(22-6-5-20(26)14-23(22)27)31-16-29-24-7-4-19(13-25(24)31)18-8-11-30(12-9-18)15-21-3-2-10-28-21/h4-8,13-14,16-17,21,28H,2-3,9-12,15H2,1H3/t17?,21-/m1/s1. The number of imidazole rings is 1. The molecule has 31 heavy (non-hydrogen) atoms. The van der Waals surface area contributed by atoms with Gasteiger partial charge in [-0.2, -0.15) is 0 Å². The number of hydrogen-bond acceptors (Lipinski definition) is 3. The van der Waals surface area contributed by atoms with Crippen LogP contribution < -0.4 is 5.32 Å². The lowest BCUT2D eigenvalue weighted by molar-refractivity contribution is 0.273. The minimum Gasteiger partial charge on any atom is -0.323 e. The largest absolute Gasteiger partial charge is 0.323 e. The zero-order chi connectivity index (χ0) is 21.4. The van der Waals surface area contributed by atoms with E-state index in [1.54, 1.807) is 18.5 Å². The molecule has 2 aliphatic heterocycles. The minimum absolute atomic E-state index is 0.174. The van der Waals surface area contributed by atoms with Crippen LogP contribution in [0.15, 0.2) is 48.8 Å². The molecule has 0 aliphatic carbocycles. The van der Waals surface area contributed by atoms with Gasteiger partial charge in [-0.3, -0.25) is 4.90 Å². The van der Waals surface area contributed by atoms with Crippen molar-refractivity contribution in [3.63, 3.8) is 0 Å². The Bertz CT molecular complexity index is 1120. The van der Waals surface area contributed by atoms with E-state index >= 15 is 0 Å². The zero-order valence-electron chi connectivity index (χ0n) is 17.8. The highest BCUT2D eigenvalue weighted by Gasteiger charge is 2.21. The molecule has 1 unspecified atom stereocenters. The first-order valence-corrected chi connectivity index (χ1v) is 11.5. The molecule has 0 saturated carbocycles. The molecule has 0 amide bonds. The van der Waals surface area contributed by atoms with Crippen molar-refractivity contribution in [3.05, 3.63) is 70.8 Å². The van der Waals surface area contributed by atoms with Gasteiger partial charge in [-0.25, -0.2) is 9.37 Å². The third-order valence-electron chi connectivity index (χ3n) is 6.71. The minimum atomic E-state index is -0.287. The fourth-order valence-electron chi connectivity index (χ4n) is 4.89. The molecule has 3 aromatic rings. The van der Waals surface area contributed by atoms with Crippen LogP contribution in [-0.4, -0.2) is 46.7 Å². The number of hydrogen-bond donors (Lipinski definition) is 1. The maximum absolute atomic E-state index is 14.5. The van der Waals surface area contributed by atoms with Crippen molar-refractivity contribution in [1.29, 1.82) is 0 Å². The van der Waals surface area contributed by atoms with Gasteiger partial charge < -0.3 is 9.88 Å². The van der Waals surface area contributed by atoms with Gasteiger partial charge in [0.05, 0.1) is 23.4 Å². The predicted molar refractivity (Wildman–Crippen MR) is 125 cm³/mol. The molecule has 1 N–H and O–H groups in total. The van der Waals surface area contributed by atoms with Gasteiger partial charge in [0.2, 0.25) is 0 Å². The van der Waals surface area contributed by atoms with Gasteiger partial charge in [-0.05, 0) is 68.1 Å². The summed E-state index contributed by atoms with van der Waals surface area (Å²) in [5.74, 6) is -0.287. The summed E-state index contributed by atoms with van der Waals surface area (Å²) in [5.41, 5.74) is 5.18. The smallest absolute Gasteiger partial charge is 0.129 e. The Morgan fingerprint density at radius 3 is 2.90 bits per heavy atom. The number of aromatic nitrogens is 2. The lowest BCUT2D eigenvalue weighted by Crippen LogP contribution is -2.39. The summed E-state index contributed by atoms with van der Waals surface area (Å²) in [5, 5.41) is 4.01. The van der Waals surface area contributed by atoms with Gasteiger partial charge in [0.15, 0.2) is 0 Å². The van der Waals surface area contributed by atoms with Crippen molar-refractivity contribution >= 4 is 28.2 Å². The van der Waals surface area contributed by atoms with E-state index in [9.17, 15) is 4.39 Å². The van der Waals surface area contributed by atoms with Crippen molar-refractivity contribution in [2.45, 2.75) is 38.3 Å². The number of benzene rings is 2. The van der Waals surface area contributed by atoms with Gasteiger partial charge in [0, 0.05) is 36.3 Å². The molecule has 2 aliphatic rings. The third-order valence-corrected chi connectivity index (χ3v) is 6.94. The second-order valence-electron chi connectivity index (χ2n) is 8.73. The number of nitrogens with zero attached hydrogens (tertiary/aromatic N) is 3. The first kappa shape index (κ1) is 20.7. The summed E-state index contributed by atoms with van der Waals surface area (Å²) >= 11 is 5.93. The normalized spacial score (nSPS) is 20.9. The van der Waals surface area contributed by atoms with Crippen molar-refractivity contribution in [1.82, 2.24) is 19.8 Å². The van der Waals surface area contributed by atoms with E-state index in [-0.39, 0.29) is 11.9 Å². The topological polar surface area (TPSA) is 33.1 Å². The Hall–Kier alpha value is -2.21. The van der Waals surface area contributed by atoms with Gasteiger partial charge in [-0.15, -0.1) is 0 Å². The fraction of sp³-hybridized carbons (Fsp3) is 0.400. The van der Waals surface area contributed by atoms with Crippen LogP contribution in [0.4, 0.5) is 4.39 Å². The summed E-state index contributed by atoms with van der Waals surface area (Å²) in [6, 6.07) is 11.8. The van der Waals surface area contributed by atoms with Crippen LogP contribution in [0.5, 0.6) is 0 Å². The molecular formula is C25H28ClFN4. The molecule has 2 atom stereocenters. The van der Waals surface area contributed by atoms with E-state index in [0.717, 1.165) is 43.6 Å². The number of rotatable bonds is 5. The van der Waals surface area contributed by atoms with Crippen molar-refractivity contribution in [2.75, 3.05) is 26.2 Å². The Morgan fingerprint density at radius 1 is 1.26 bits per heavy atom. The molecule has 3 heterocycles. The molecule has 4 nitrogen and oxygen atoms in total. The summed E-state index contributed by atoms with van der Waals surface area (Å²) in [7, 11) is 0. The van der Waals surface area contributed by atoms with Crippen LogP contribution >= 0.6 is 11.6 Å². The average molecular weight is 439 g/mol. The predicted octanol–water partition coefficient (Wildman–Crippen LogP) is 5.28. The Balaban J connectivity index is 1.38. The van der Waals surface area contributed by atoms with E-state index in [2.05, 4.69) is 39.5 Å². The lowest BCUT2D eigenvalue weighted by atomic mass is 9.98. The Labute approximate surface area is 187 Å². The maximum Gasteiger partial charge on any atom is 0.129 e. The van der Waals surface area contributed by atoms with Crippen LogP contribution in [0.2, 0.25) is 5.02 Å². The van der Waals surface area contributed by atoms with E-state index in [0.29, 0.717) is 16.6 Å². The summed E-state index contributed by atoms with van der Waals surface area (Å²) in [6.45, 7) is 6.38. The maximum atomic E-state index is 14.5. The Kier molecular flexibility index (Phi) is 5.83. The monoisotopic (exact) mass is 438 g/mol. The lowest BCUT2D eigenvalue weighted by Gasteiger charge is -2.29. The molecule has 5 rings (SSSR count). The molecule has 162 valence electrons. The third kappa shape index (κ3) is 4.27. The van der Waals surface area contributed by atoms with Gasteiger partial charge >= 0.3 is 0 Å². The summed E-state index contributed by atoms with van der Waals surface area (Å²) in [4.78, 5) is 7.09. The highest BCUT2D eigenvalue weighted by molar-refractivity contribution is 6.30. The van der Waals surface area contributed by atoms with E-state index < -0.39 is 0 Å². The van der Waals surface area contributed by atoms with E-state index in [4.69, 9.17) is 11.6 Å². The SMILES string of the molecule is CC(c1ccc(Cl)cc1F)n1cnc2ccc(C3=CCN(C[C@H]4CCCN4)CC3)cc21. The molecular weight excluding hydrogens is 411 g/mol. The highest BCUT2D eigenvalue weighted by atomic mass is 35.5. The number of fused-ring (bicyclic) bond motifs is 1. The van der Waals surface area contributed by atoms with Gasteiger partial charge in [0.1, 0.15) is 5.82 Å². The summed E-state index contributed by atoms with van der Waals surface area (Å²) in [6.07, 6.45) is 7.81. The highest BCUT2D eigenvalue weighted by Crippen LogP contribution is 2.30. The van der Waals surface area contributed by atoms with Crippen molar-refractivity contribution in [2.24, 2.45) is 0 Å². The van der Waals surface area contributed by atoms with Gasteiger partial charge in [-0.1, -0.05) is 29.8 Å². The second-order valence-corrected chi connectivity index (χ2v) is 9.17. The van der Waals surface area contributed by atoms with Crippen LogP contribution in [0, 0.1) is 5.82 Å². The molecule has 6 heteroatoms. The second kappa shape index (κ2) is 8.73. The number of nitrogens with one attached hydrogen (secondary N) is 1. The molecule has 0 spiro atoms. The van der Waals surface area contributed by atoms with Gasteiger partial charge in [0.25, 0.3) is 0 Å². The number of halogens is 2. The first-order chi connectivity index (χ1) is 15.1. The van der Waals surface area contributed by atoms with Crippen molar-refractivity contribution in [3.8, 4) is 0 Å². The molecule has 1 aromatic heterocycles. The zero-order valence-corrected chi connectivity index (χ0v) is 18.6. The first-order valence-electron chi connectivity index (χ1n) is 11.1. The molecule has 2 aromatic carbocycles. The molecule has 0 radical (unpaired) electrons. The fourth-order valence-corrected chi connectivity index (χ4v) is 5.05. The average Bonchev–Trinajstić information content (AvgIpc) is 3.43. The van der Waals surface area contributed by atoms with Crippen LogP contribution in [0.25, 0.3) is 16.6 Å². The summed E-state index contributed by atoms with van der Waals surface area (Å²) < 4.78 is 16.6. The van der Waals surface area contributed by atoms with Crippen LogP contribution in [0.1, 0.15) is 43.4 Å². The van der Waals surface area contributed by atoms with Crippen LogP contribution in [0.3, 0.4) is 0 Å². The Morgan fingerprint density at radius 2 is 2.16 bits per heavy atom. The quantitative estimate of drug-likeness (QED) is 0.588. The van der Waals surface area contributed by atoms with E-state index in [1.807, 2.05) is 11.5 Å². The van der Waals surface area contributed by atoms with Crippen LogP contribution in [-0.2, 0) is 0 Å². The molecule has 0 bridgehead atoms.